The van der Waals surface area contributed by atoms with E-state index < -0.39 is 0 Å². The fraction of sp³-hybridized carbons (Fsp3) is 0.125. The van der Waals surface area contributed by atoms with Crippen LogP contribution < -0.4 is 4.74 Å². The minimum absolute atomic E-state index is 0.544. The molecule has 3 nitrogen and oxygen atoms in total. The van der Waals surface area contributed by atoms with Crippen molar-refractivity contribution in [3.8, 4) is 17.1 Å². The van der Waals surface area contributed by atoms with E-state index in [9.17, 15) is 0 Å². The zero-order chi connectivity index (χ0) is 19.3. The molecule has 1 aromatic heterocycles. The summed E-state index contributed by atoms with van der Waals surface area (Å²) in [6.45, 7) is 5.05. The Labute approximate surface area is 169 Å². The molecule has 0 aliphatic carbocycles. The number of ether oxygens (including phenoxy) is 1. The first-order valence-electron chi connectivity index (χ1n) is 9.29. The standard InChI is InChI=1S/C24H21ClN2O/c1-2-8-18-9-3-6-14-23(18)28-16-15-27-22-13-5-4-12-21(22)26-24(27)19-10-7-11-20(25)17-19/h2-7,9-14,17H,1,8,15-16H2. The highest BCUT2D eigenvalue weighted by Crippen LogP contribution is 2.27. The first-order chi connectivity index (χ1) is 13.8. The van der Waals surface area contributed by atoms with Crippen molar-refractivity contribution >= 4 is 22.6 Å². The minimum Gasteiger partial charge on any atom is -0.491 e. The smallest absolute Gasteiger partial charge is 0.141 e. The molecule has 0 radical (unpaired) electrons. The van der Waals surface area contributed by atoms with Gasteiger partial charge in [0.2, 0.25) is 0 Å². The Hall–Kier alpha value is -3.04. The van der Waals surface area contributed by atoms with E-state index in [4.69, 9.17) is 21.3 Å². The molecule has 0 N–H and O–H groups in total. The van der Waals surface area contributed by atoms with E-state index >= 15 is 0 Å². The lowest BCUT2D eigenvalue weighted by Crippen LogP contribution is -2.10. The lowest BCUT2D eigenvalue weighted by Gasteiger charge is -2.13. The third kappa shape index (κ3) is 3.80. The van der Waals surface area contributed by atoms with Gasteiger partial charge >= 0.3 is 0 Å². The van der Waals surface area contributed by atoms with Crippen LogP contribution in [0.1, 0.15) is 5.56 Å². The number of nitrogens with zero attached hydrogens (tertiary/aromatic N) is 2. The maximum absolute atomic E-state index is 6.21. The van der Waals surface area contributed by atoms with Gasteiger partial charge in [-0.25, -0.2) is 4.98 Å². The number of halogens is 1. The Morgan fingerprint density at radius 2 is 1.82 bits per heavy atom. The molecule has 4 rings (SSSR count). The summed E-state index contributed by atoms with van der Waals surface area (Å²) in [5.41, 5.74) is 4.18. The van der Waals surface area contributed by atoms with Crippen LogP contribution in [0.3, 0.4) is 0 Å². The largest absolute Gasteiger partial charge is 0.491 e. The lowest BCUT2D eigenvalue weighted by atomic mass is 10.1. The van der Waals surface area contributed by atoms with Crippen LogP contribution in [0.4, 0.5) is 0 Å². The van der Waals surface area contributed by atoms with Crippen molar-refractivity contribution in [3.63, 3.8) is 0 Å². The topological polar surface area (TPSA) is 27.1 Å². The molecule has 4 aromatic rings. The van der Waals surface area contributed by atoms with Gasteiger partial charge in [-0.1, -0.05) is 60.1 Å². The first kappa shape index (κ1) is 18.3. The summed E-state index contributed by atoms with van der Waals surface area (Å²) < 4.78 is 8.30. The summed E-state index contributed by atoms with van der Waals surface area (Å²) in [5.74, 6) is 1.79. The Kier molecular flexibility index (Phi) is 5.45. The SMILES string of the molecule is C=CCc1ccccc1OCCn1c(-c2cccc(Cl)c2)nc2ccccc21. The van der Waals surface area contributed by atoms with E-state index in [0.717, 1.165) is 40.2 Å². The molecular formula is C24H21ClN2O. The fourth-order valence-electron chi connectivity index (χ4n) is 3.37. The summed E-state index contributed by atoms with van der Waals surface area (Å²) >= 11 is 6.21. The van der Waals surface area contributed by atoms with Crippen LogP contribution >= 0.6 is 11.6 Å². The number of hydrogen-bond donors (Lipinski definition) is 0. The van der Waals surface area contributed by atoms with E-state index in [0.29, 0.717) is 18.2 Å². The molecule has 0 bridgehead atoms. The van der Waals surface area contributed by atoms with E-state index in [1.54, 1.807) is 0 Å². The van der Waals surface area contributed by atoms with E-state index in [1.165, 1.54) is 0 Å². The van der Waals surface area contributed by atoms with Gasteiger partial charge in [-0.2, -0.15) is 0 Å². The molecule has 140 valence electrons. The average Bonchev–Trinajstić information content (AvgIpc) is 3.08. The highest BCUT2D eigenvalue weighted by atomic mass is 35.5. The van der Waals surface area contributed by atoms with Crippen molar-refractivity contribution in [1.29, 1.82) is 0 Å². The number of fused-ring (bicyclic) bond motifs is 1. The van der Waals surface area contributed by atoms with Crippen LogP contribution in [0.25, 0.3) is 22.4 Å². The maximum atomic E-state index is 6.21. The summed E-state index contributed by atoms with van der Waals surface area (Å²) in [6.07, 6.45) is 2.68. The number of imidazole rings is 1. The van der Waals surface area contributed by atoms with Crippen LogP contribution in [-0.4, -0.2) is 16.2 Å². The van der Waals surface area contributed by atoms with Crippen molar-refractivity contribution in [2.24, 2.45) is 0 Å². The van der Waals surface area contributed by atoms with Gasteiger partial charge in [-0.15, -0.1) is 6.58 Å². The third-order valence-electron chi connectivity index (χ3n) is 4.65. The van der Waals surface area contributed by atoms with E-state index in [1.807, 2.05) is 66.7 Å². The number of para-hydroxylation sites is 3. The van der Waals surface area contributed by atoms with Crippen LogP contribution in [0, 0.1) is 0 Å². The van der Waals surface area contributed by atoms with Crippen molar-refractivity contribution in [1.82, 2.24) is 9.55 Å². The molecule has 0 unspecified atom stereocenters. The second-order valence-electron chi connectivity index (χ2n) is 6.54. The minimum atomic E-state index is 0.544. The quantitative estimate of drug-likeness (QED) is 0.354. The molecule has 0 atom stereocenters. The molecule has 4 heteroatoms. The molecule has 1 heterocycles. The highest BCUT2D eigenvalue weighted by Gasteiger charge is 2.13. The van der Waals surface area contributed by atoms with E-state index in [2.05, 4.69) is 23.3 Å². The Bertz CT molecular complexity index is 1120. The predicted octanol–water partition coefficient (Wildman–Crippen LogP) is 6.16. The zero-order valence-corrected chi connectivity index (χ0v) is 16.3. The monoisotopic (exact) mass is 388 g/mol. The average molecular weight is 389 g/mol. The van der Waals surface area contributed by atoms with Gasteiger partial charge in [-0.05, 0) is 42.3 Å². The molecule has 0 aliphatic heterocycles. The van der Waals surface area contributed by atoms with E-state index in [-0.39, 0.29) is 0 Å². The number of aromatic nitrogens is 2. The summed E-state index contributed by atoms with van der Waals surface area (Å²) in [6, 6.07) is 24.0. The Morgan fingerprint density at radius 3 is 2.68 bits per heavy atom. The summed E-state index contributed by atoms with van der Waals surface area (Å²) in [4.78, 5) is 4.83. The molecule has 0 saturated heterocycles. The predicted molar refractivity (Wildman–Crippen MR) is 116 cm³/mol. The van der Waals surface area contributed by atoms with Gasteiger partial charge in [0, 0.05) is 10.6 Å². The fourth-order valence-corrected chi connectivity index (χ4v) is 3.56. The van der Waals surface area contributed by atoms with Gasteiger partial charge in [0.15, 0.2) is 0 Å². The van der Waals surface area contributed by atoms with Gasteiger partial charge in [0.05, 0.1) is 17.6 Å². The number of benzene rings is 3. The van der Waals surface area contributed by atoms with Crippen molar-refractivity contribution in [2.75, 3.05) is 6.61 Å². The molecule has 3 aromatic carbocycles. The van der Waals surface area contributed by atoms with Crippen LogP contribution in [0.5, 0.6) is 5.75 Å². The summed E-state index contributed by atoms with van der Waals surface area (Å²) in [7, 11) is 0. The molecule has 0 fully saturated rings. The van der Waals surface area contributed by atoms with Crippen LogP contribution in [0.2, 0.25) is 5.02 Å². The van der Waals surface area contributed by atoms with Crippen LogP contribution in [-0.2, 0) is 13.0 Å². The summed E-state index contributed by atoms with van der Waals surface area (Å²) in [5, 5.41) is 0.700. The van der Waals surface area contributed by atoms with Crippen LogP contribution in [0.15, 0.2) is 85.5 Å². The second-order valence-corrected chi connectivity index (χ2v) is 6.97. The van der Waals surface area contributed by atoms with Gasteiger partial charge in [0.1, 0.15) is 18.2 Å². The Morgan fingerprint density at radius 1 is 1.00 bits per heavy atom. The maximum Gasteiger partial charge on any atom is 0.141 e. The van der Waals surface area contributed by atoms with Crippen molar-refractivity contribution in [2.45, 2.75) is 13.0 Å². The van der Waals surface area contributed by atoms with Gasteiger partial charge < -0.3 is 9.30 Å². The first-order valence-corrected chi connectivity index (χ1v) is 9.67. The number of hydrogen-bond acceptors (Lipinski definition) is 2. The molecule has 0 aliphatic rings. The number of rotatable bonds is 7. The normalized spacial score (nSPS) is 10.9. The molecule has 0 spiro atoms. The lowest BCUT2D eigenvalue weighted by molar-refractivity contribution is 0.298. The molecule has 28 heavy (non-hydrogen) atoms. The molecule has 0 amide bonds. The molecule has 0 saturated carbocycles. The number of allylic oxidation sites excluding steroid dienone is 1. The zero-order valence-electron chi connectivity index (χ0n) is 15.5. The van der Waals surface area contributed by atoms with Gasteiger partial charge in [0.25, 0.3) is 0 Å². The van der Waals surface area contributed by atoms with Crippen molar-refractivity contribution < 1.29 is 4.74 Å². The highest BCUT2D eigenvalue weighted by molar-refractivity contribution is 6.30. The molecular weight excluding hydrogens is 368 g/mol. The Balaban J connectivity index is 1.63. The van der Waals surface area contributed by atoms with Gasteiger partial charge in [-0.3, -0.25) is 0 Å². The van der Waals surface area contributed by atoms with Crippen molar-refractivity contribution in [3.05, 3.63) is 96.0 Å². The second kappa shape index (κ2) is 8.32. The third-order valence-corrected chi connectivity index (χ3v) is 4.88.